The third-order valence-corrected chi connectivity index (χ3v) is 6.65. The SMILES string of the molecule is CCNC(=O)[C@H](CC)N(Cc1ccccc1)C(=O)CCCN(c1ccc(Cl)cc1)S(C)(=O)=O. The molecule has 2 aromatic rings. The van der Waals surface area contributed by atoms with Crippen molar-refractivity contribution in [3.63, 3.8) is 0 Å². The van der Waals surface area contributed by atoms with Gasteiger partial charge in [-0.15, -0.1) is 0 Å². The lowest BCUT2D eigenvalue weighted by Crippen LogP contribution is -2.49. The first-order valence-corrected chi connectivity index (χ1v) is 13.2. The van der Waals surface area contributed by atoms with Gasteiger partial charge >= 0.3 is 0 Å². The summed E-state index contributed by atoms with van der Waals surface area (Å²) in [6.07, 6.45) is 2.03. The van der Waals surface area contributed by atoms with Crippen LogP contribution in [0, 0.1) is 0 Å². The molecule has 9 heteroatoms. The Morgan fingerprint density at radius 1 is 1.03 bits per heavy atom. The van der Waals surface area contributed by atoms with E-state index in [-0.39, 0.29) is 24.8 Å². The van der Waals surface area contributed by atoms with Crippen LogP contribution in [0.15, 0.2) is 54.6 Å². The number of carbonyl (C=O) groups is 2. The predicted molar refractivity (Wildman–Crippen MR) is 133 cm³/mol. The van der Waals surface area contributed by atoms with Crippen molar-refractivity contribution in [1.82, 2.24) is 10.2 Å². The van der Waals surface area contributed by atoms with Crippen molar-refractivity contribution in [1.29, 1.82) is 0 Å². The highest BCUT2D eigenvalue weighted by Crippen LogP contribution is 2.21. The van der Waals surface area contributed by atoms with E-state index in [0.29, 0.717) is 36.6 Å². The maximum atomic E-state index is 13.2. The van der Waals surface area contributed by atoms with Crippen LogP contribution < -0.4 is 9.62 Å². The van der Waals surface area contributed by atoms with Crippen LogP contribution in [-0.4, -0.2) is 50.5 Å². The Bertz CT molecular complexity index is 1010. The molecule has 0 spiro atoms. The van der Waals surface area contributed by atoms with Crippen LogP contribution in [0.4, 0.5) is 5.69 Å². The van der Waals surface area contributed by atoms with E-state index in [1.165, 1.54) is 4.31 Å². The zero-order valence-corrected chi connectivity index (χ0v) is 20.9. The first kappa shape index (κ1) is 26.7. The molecule has 1 atom stereocenters. The lowest BCUT2D eigenvalue weighted by molar-refractivity contribution is -0.141. The number of rotatable bonds is 12. The summed E-state index contributed by atoms with van der Waals surface area (Å²) in [6, 6.07) is 15.4. The third kappa shape index (κ3) is 8.05. The van der Waals surface area contributed by atoms with Gasteiger partial charge in [-0.3, -0.25) is 13.9 Å². The Morgan fingerprint density at radius 3 is 2.21 bits per heavy atom. The number of carbonyl (C=O) groups excluding carboxylic acids is 2. The smallest absolute Gasteiger partial charge is 0.242 e. The summed E-state index contributed by atoms with van der Waals surface area (Å²) in [5, 5.41) is 3.32. The van der Waals surface area contributed by atoms with Gasteiger partial charge in [0.2, 0.25) is 21.8 Å². The molecule has 1 N–H and O–H groups in total. The summed E-state index contributed by atoms with van der Waals surface area (Å²) >= 11 is 5.92. The molecule has 0 aliphatic rings. The summed E-state index contributed by atoms with van der Waals surface area (Å²) in [5.41, 5.74) is 1.41. The molecule has 0 radical (unpaired) electrons. The second-order valence-electron chi connectivity index (χ2n) is 7.74. The van der Waals surface area contributed by atoms with Crippen LogP contribution in [0.1, 0.15) is 38.7 Å². The second-order valence-corrected chi connectivity index (χ2v) is 10.1. The van der Waals surface area contributed by atoms with Gasteiger partial charge < -0.3 is 10.2 Å². The van der Waals surface area contributed by atoms with E-state index in [0.717, 1.165) is 11.8 Å². The van der Waals surface area contributed by atoms with Crippen LogP contribution in [0.3, 0.4) is 0 Å². The topological polar surface area (TPSA) is 86.8 Å². The van der Waals surface area contributed by atoms with Gasteiger partial charge in [0.05, 0.1) is 11.9 Å². The fraction of sp³-hybridized carbons (Fsp3) is 0.417. The number of hydrogen-bond donors (Lipinski definition) is 1. The molecule has 0 heterocycles. The van der Waals surface area contributed by atoms with Crippen molar-refractivity contribution >= 4 is 39.1 Å². The van der Waals surface area contributed by atoms with E-state index in [1.807, 2.05) is 44.2 Å². The summed E-state index contributed by atoms with van der Waals surface area (Å²) < 4.78 is 25.9. The molecule has 0 bridgehead atoms. The Labute approximate surface area is 201 Å². The van der Waals surface area contributed by atoms with E-state index in [9.17, 15) is 18.0 Å². The minimum atomic E-state index is -3.54. The van der Waals surface area contributed by atoms with Crippen LogP contribution >= 0.6 is 11.6 Å². The van der Waals surface area contributed by atoms with Crippen molar-refractivity contribution in [2.45, 2.75) is 45.7 Å². The second kappa shape index (κ2) is 12.6. The highest BCUT2D eigenvalue weighted by molar-refractivity contribution is 7.92. The van der Waals surface area contributed by atoms with Crippen molar-refractivity contribution in [3.05, 3.63) is 65.2 Å². The summed E-state index contributed by atoms with van der Waals surface area (Å²) in [4.78, 5) is 27.5. The van der Waals surface area contributed by atoms with Crippen molar-refractivity contribution in [2.75, 3.05) is 23.7 Å². The van der Waals surface area contributed by atoms with Gasteiger partial charge in [-0.25, -0.2) is 8.42 Å². The standard InChI is InChI=1S/C24H32ClN3O4S/c1-4-22(24(30)26-5-2)27(18-19-10-7-6-8-11-19)23(29)12-9-17-28(33(3,31)32)21-15-13-20(25)14-16-21/h6-8,10-11,13-16,22H,4-5,9,12,17-18H2,1-3H3,(H,26,30)/t22-/m0/s1. The normalized spacial score (nSPS) is 12.1. The average Bonchev–Trinajstić information content (AvgIpc) is 2.77. The Kier molecular flexibility index (Phi) is 10.2. The van der Waals surface area contributed by atoms with Crippen molar-refractivity contribution < 1.29 is 18.0 Å². The fourth-order valence-electron chi connectivity index (χ4n) is 3.60. The molecule has 0 saturated heterocycles. The maximum Gasteiger partial charge on any atom is 0.242 e. The van der Waals surface area contributed by atoms with Crippen LogP contribution in [0.25, 0.3) is 0 Å². The molecule has 180 valence electrons. The Balaban J connectivity index is 2.16. The summed E-state index contributed by atoms with van der Waals surface area (Å²) in [5.74, 6) is -0.385. The van der Waals surface area contributed by atoms with E-state index in [2.05, 4.69) is 5.32 Å². The number of nitrogens with one attached hydrogen (secondary N) is 1. The number of hydrogen-bond acceptors (Lipinski definition) is 4. The summed E-state index contributed by atoms with van der Waals surface area (Å²) in [7, 11) is -3.54. The molecular weight excluding hydrogens is 462 g/mol. The monoisotopic (exact) mass is 493 g/mol. The largest absolute Gasteiger partial charge is 0.355 e. The highest BCUT2D eigenvalue weighted by Gasteiger charge is 2.28. The third-order valence-electron chi connectivity index (χ3n) is 5.20. The fourth-order valence-corrected chi connectivity index (χ4v) is 4.69. The van der Waals surface area contributed by atoms with Gasteiger partial charge in [0.15, 0.2) is 0 Å². The molecule has 2 aromatic carbocycles. The van der Waals surface area contributed by atoms with Crippen molar-refractivity contribution in [3.8, 4) is 0 Å². The minimum absolute atomic E-state index is 0.113. The molecule has 7 nitrogen and oxygen atoms in total. The van der Waals surface area contributed by atoms with Gasteiger partial charge in [0.1, 0.15) is 6.04 Å². The molecule has 0 aromatic heterocycles. The van der Waals surface area contributed by atoms with Crippen LogP contribution in [-0.2, 0) is 26.2 Å². The maximum absolute atomic E-state index is 13.2. The lowest BCUT2D eigenvalue weighted by atomic mass is 10.1. The Morgan fingerprint density at radius 2 is 1.67 bits per heavy atom. The molecule has 2 amide bonds. The molecule has 0 fully saturated rings. The number of likely N-dealkylation sites (N-methyl/N-ethyl adjacent to an activating group) is 1. The quantitative estimate of drug-likeness (QED) is 0.486. The van der Waals surface area contributed by atoms with Gasteiger partial charge in [0.25, 0.3) is 0 Å². The van der Waals surface area contributed by atoms with Crippen LogP contribution in [0.5, 0.6) is 0 Å². The molecule has 0 unspecified atom stereocenters. The average molecular weight is 494 g/mol. The van der Waals surface area contributed by atoms with E-state index >= 15 is 0 Å². The highest BCUT2D eigenvalue weighted by atomic mass is 35.5. The first-order valence-electron chi connectivity index (χ1n) is 11.0. The molecule has 33 heavy (non-hydrogen) atoms. The number of nitrogens with zero attached hydrogens (tertiary/aromatic N) is 2. The van der Waals surface area contributed by atoms with E-state index in [1.54, 1.807) is 29.2 Å². The summed E-state index contributed by atoms with van der Waals surface area (Å²) in [6.45, 7) is 4.64. The molecule has 0 aliphatic heterocycles. The van der Waals surface area contributed by atoms with Gasteiger partial charge in [-0.05, 0) is 49.6 Å². The molecular formula is C24H32ClN3O4S. The van der Waals surface area contributed by atoms with Gasteiger partial charge in [-0.1, -0.05) is 48.9 Å². The minimum Gasteiger partial charge on any atom is -0.355 e. The predicted octanol–water partition coefficient (Wildman–Crippen LogP) is 3.83. The van der Waals surface area contributed by atoms with Gasteiger partial charge in [0, 0.05) is 31.1 Å². The number of amides is 2. The molecule has 0 aliphatic carbocycles. The zero-order chi connectivity index (χ0) is 24.4. The van der Waals surface area contributed by atoms with E-state index < -0.39 is 16.1 Å². The van der Waals surface area contributed by atoms with Crippen LogP contribution in [0.2, 0.25) is 5.02 Å². The van der Waals surface area contributed by atoms with E-state index in [4.69, 9.17) is 11.6 Å². The Hall–Kier alpha value is -2.58. The first-order chi connectivity index (χ1) is 15.7. The number of anilines is 1. The van der Waals surface area contributed by atoms with Crippen molar-refractivity contribution in [2.24, 2.45) is 0 Å². The lowest BCUT2D eigenvalue weighted by Gasteiger charge is -2.31. The van der Waals surface area contributed by atoms with Gasteiger partial charge in [-0.2, -0.15) is 0 Å². The number of benzene rings is 2. The molecule has 0 saturated carbocycles. The molecule has 2 rings (SSSR count). The zero-order valence-electron chi connectivity index (χ0n) is 19.3. The number of sulfonamides is 1. The number of halogens is 1.